The molecule has 0 aliphatic heterocycles. The molecule has 1 heterocycles. The third kappa shape index (κ3) is 2.85. The molecule has 0 bridgehead atoms. The first-order chi connectivity index (χ1) is 12.4. The first-order valence-electron chi connectivity index (χ1n) is 9.28. The van der Waals surface area contributed by atoms with Crippen LogP contribution in [0, 0.1) is 6.92 Å². The van der Waals surface area contributed by atoms with E-state index in [1.165, 1.54) is 38.4 Å². The monoisotopic (exact) mass is 402 g/mol. The standard InChI is InChI=1S/C24H26GeN/c1-17-21-9-7-6-8-18(21)10-12-22(17)24-23-13-11-20(25(2,3)4)16-19(23)14-15-26(24)5/h6-16H,1-5H3/q+1. The maximum absolute atomic E-state index is 2.46. The van der Waals surface area contributed by atoms with Crippen LogP contribution in [0.5, 0.6) is 0 Å². The van der Waals surface area contributed by atoms with Gasteiger partial charge in [-0.1, -0.05) is 0 Å². The second-order valence-corrected chi connectivity index (χ2v) is 18.9. The molecule has 1 nitrogen and oxygen atoms in total. The molecule has 0 aliphatic rings. The number of pyridine rings is 1. The summed E-state index contributed by atoms with van der Waals surface area (Å²) < 4.78 is 3.82. The zero-order valence-electron chi connectivity index (χ0n) is 16.3. The molecule has 2 heteroatoms. The van der Waals surface area contributed by atoms with Crippen LogP contribution in [0.15, 0.2) is 66.9 Å². The van der Waals surface area contributed by atoms with Gasteiger partial charge in [-0.15, -0.1) is 0 Å². The van der Waals surface area contributed by atoms with Crippen molar-refractivity contribution < 1.29 is 4.57 Å². The number of hydrogen-bond donors (Lipinski definition) is 0. The Morgan fingerprint density at radius 3 is 2.31 bits per heavy atom. The van der Waals surface area contributed by atoms with Crippen LogP contribution in [0.4, 0.5) is 0 Å². The molecule has 3 aromatic carbocycles. The molecule has 1 aromatic heterocycles. The number of rotatable bonds is 2. The van der Waals surface area contributed by atoms with Crippen LogP contribution in [0.2, 0.25) is 17.3 Å². The first-order valence-corrected chi connectivity index (χ1v) is 16.6. The Kier molecular flexibility index (Phi) is 4.15. The summed E-state index contributed by atoms with van der Waals surface area (Å²) in [5, 5.41) is 5.33. The van der Waals surface area contributed by atoms with Crippen LogP contribution in [0.3, 0.4) is 0 Å². The zero-order valence-corrected chi connectivity index (χ0v) is 18.4. The van der Waals surface area contributed by atoms with Crippen LogP contribution in [-0.2, 0) is 7.05 Å². The average molecular weight is 401 g/mol. The van der Waals surface area contributed by atoms with E-state index < -0.39 is 13.3 Å². The van der Waals surface area contributed by atoms with Gasteiger partial charge in [0.1, 0.15) is 0 Å². The van der Waals surface area contributed by atoms with E-state index >= 15 is 0 Å². The zero-order chi connectivity index (χ0) is 18.5. The summed E-state index contributed by atoms with van der Waals surface area (Å²) >= 11 is -1.83. The van der Waals surface area contributed by atoms with Crippen molar-refractivity contribution in [3.05, 3.63) is 72.4 Å². The number of fused-ring (bicyclic) bond motifs is 2. The molecular weight excluding hydrogens is 375 g/mol. The molecule has 0 radical (unpaired) electrons. The van der Waals surface area contributed by atoms with Gasteiger partial charge in [0.2, 0.25) is 0 Å². The molecule has 0 fully saturated rings. The van der Waals surface area contributed by atoms with Gasteiger partial charge in [-0.3, -0.25) is 0 Å². The molecule has 0 N–H and O–H groups in total. The van der Waals surface area contributed by atoms with Gasteiger partial charge in [0.25, 0.3) is 0 Å². The molecule has 4 rings (SSSR count). The summed E-state index contributed by atoms with van der Waals surface area (Å²) in [5.41, 5.74) is 3.98. The molecule has 0 amide bonds. The number of benzene rings is 3. The average Bonchev–Trinajstić information content (AvgIpc) is 2.62. The third-order valence-corrected chi connectivity index (χ3v) is 9.74. The molecule has 0 unspecified atom stereocenters. The van der Waals surface area contributed by atoms with E-state index in [0.717, 1.165) is 0 Å². The van der Waals surface area contributed by atoms with Crippen molar-refractivity contribution in [2.75, 3.05) is 0 Å². The fourth-order valence-electron chi connectivity index (χ4n) is 3.86. The predicted molar refractivity (Wildman–Crippen MR) is 116 cm³/mol. The third-order valence-electron chi connectivity index (χ3n) is 5.46. The molecule has 130 valence electrons. The van der Waals surface area contributed by atoms with Crippen molar-refractivity contribution >= 4 is 39.2 Å². The summed E-state index contributed by atoms with van der Waals surface area (Å²) in [5.74, 6) is 7.37. The van der Waals surface area contributed by atoms with Gasteiger partial charge >= 0.3 is 159 Å². The van der Waals surface area contributed by atoms with Crippen LogP contribution >= 0.6 is 0 Å². The second-order valence-electron chi connectivity index (χ2n) is 8.29. The van der Waals surface area contributed by atoms with Crippen LogP contribution in [0.25, 0.3) is 32.8 Å². The van der Waals surface area contributed by atoms with Crippen molar-refractivity contribution in [2.24, 2.45) is 7.05 Å². The van der Waals surface area contributed by atoms with E-state index in [0.29, 0.717) is 0 Å². The first kappa shape index (κ1) is 17.3. The number of hydrogen-bond acceptors (Lipinski definition) is 0. The van der Waals surface area contributed by atoms with Gasteiger partial charge in [-0.25, -0.2) is 0 Å². The number of aryl methyl sites for hydroxylation is 2. The Morgan fingerprint density at radius 1 is 0.769 bits per heavy atom. The summed E-state index contributed by atoms with van der Waals surface area (Å²) in [6, 6.07) is 22.6. The maximum atomic E-state index is 2.46. The van der Waals surface area contributed by atoms with E-state index in [1.54, 1.807) is 4.40 Å². The van der Waals surface area contributed by atoms with E-state index in [4.69, 9.17) is 0 Å². The molecule has 0 atom stereocenters. The summed E-state index contributed by atoms with van der Waals surface area (Å²) in [6.45, 7) is 2.25. The second kappa shape index (κ2) is 6.24. The van der Waals surface area contributed by atoms with Crippen molar-refractivity contribution in [1.82, 2.24) is 0 Å². The molecule has 0 spiro atoms. The SMILES string of the molecule is Cc1c(-c2c3cc[c]([Ge]([CH3])([CH3])[CH3])cc3cc[n+]2C)ccc2ccccc12. The van der Waals surface area contributed by atoms with Gasteiger partial charge in [0.15, 0.2) is 0 Å². The summed E-state index contributed by atoms with van der Waals surface area (Å²) in [4.78, 5) is 0. The predicted octanol–water partition coefficient (Wildman–Crippen LogP) is 5.34. The normalized spacial score (nSPS) is 12.0. The fourth-order valence-corrected chi connectivity index (χ4v) is 6.32. The minimum atomic E-state index is -1.83. The molecule has 4 aromatic rings. The van der Waals surface area contributed by atoms with Crippen LogP contribution in [-0.4, -0.2) is 13.3 Å². The Balaban J connectivity index is 2.02. The van der Waals surface area contributed by atoms with Crippen LogP contribution in [0.1, 0.15) is 5.56 Å². The van der Waals surface area contributed by atoms with Crippen molar-refractivity contribution in [2.45, 2.75) is 24.2 Å². The Labute approximate surface area is 158 Å². The molecule has 26 heavy (non-hydrogen) atoms. The van der Waals surface area contributed by atoms with Crippen molar-refractivity contribution in [3.8, 4) is 11.3 Å². The molecule has 0 saturated carbocycles. The van der Waals surface area contributed by atoms with Gasteiger partial charge in [0, 0.05) is 0 Å². The fraction of sp³-hybridized carbons (Fsp3) is 0.208. The number of aromatic nitrogens is 1. The van der Waals surface area contributed by atoms with Gasteiger partial charge in [0.05, 0.1) is 0 Å². The van der Waals surface area contributed by atoms with Gasteiger partial charge in [-0.2, -0.15) is 0 Å². The van der Waals surface area contributed by atoms with E-state index in [1.807, 2.05) is 0 Å². The van der Waals surface area contributed by atoms with E-state index in [2.05, 4.69) is 103 Å². The van der Waals surface area contributed by atoms with Gasteiger partial charge in [-0.05, 0) is 0 Å². The van der Waals surface area contributed by atoms with Gasteiger partial charge < -0.3 is 0 Å². The van der Waals surface area contributed by atoms with E-state index in [9.17, 15) is 0 Å². The topological polar surface area (TPSA) is 3.88 Å². The van der Waals surface area contributed by atoms with Crippen molar-refractivity contribution in [3.63, 3.8) is 0 Å². The Hall–Kier alpha value is -2.13. The number of nitrogens with zero attached hydrogens (tertiary/aromatic N) is 1. The van der Waals surface area contributed by atoms with Crippen LogP contribution < -0.4 is 8.96 Å². The summed E-state index contributed by atoms with van der Waals surface area (Å²) in [7, 11) is 2.15. The van der Waals surface area contributed by atoms with E-state index in [-0.39, 0.29) is 0 Å². The molecule has 0 saturated heterocycles. The van der Waals surface area contributed by atoms with Crippen molar-refractivity contribution in [1.29, 1.82) is 0 Å². The minimum absolute atomic E-state index is 1.30. The molecular formula is C24H26GeN+. The Morgan fingerprint density at radius 2 is 1.54 bits per heavy atom. The summed E-state index contributed by atoms with van der Waals surface area (Å²) in [6.07, 6.45) is 2.20. The quantitative estimate of drug-likeness (QED) is 0.316. The Bertz CT molecular complexity index is 1140. The molecule has 0 aliphatic carbocycles.